The molecule has 6 unspecified atom stereocenters. The third kappa shape index (κ3) is 10.5. The molecule has 1 aliphatic heterocycles. The molecule has 1 aromatic rings. The van der Waals surface area contributed by atoms with Crippen LogP contribution in [0.25, 0.3) is 6.08 Å². The number of aromatic hydroxyl groups is 1. The molecule has 1 aromatic carbocycles. The molecule has 2 rings (SSSR count). The van der Waals surface area contributed by atoms with Crippen molar-refractivity contribution in [2.24, 2.45) is 4.40 Å². The topological polar surface area (TPSA) is 219 Å². The van der Waals surface area contributed by atoms with Gasteiger partial charge in [0.05, 0.1) is 19.3 Å². The summed E-state index contributed by atoms with van der Waals surface area (Å²) in [6, 6.07) is 2.89. The van der Waals surface area contributed by atoms with Crippen molar-refractivity contribution < 1.29 is 61.3 Å². The van der Waals surface area contributed by atoms with Gasteiger partial charge in [-0.2, -0.15) is 8.42 Å². The quantitative estimate of drug-likeness (QED) is 0.0697. The molecule has 5 N–H and O–H groups in total. The second kappa shape index (κ2) is 15.5. The van der Waals surface area contributed by atoms with Gasteiger partial charge in [0, 0.05) is 29.6 Å². The lowest BCUT2D eigenvalue weighted by atomic mass is 10.0. The van der Waals surface area contributed by atoms with E-state index in [0.29, 0.717) is 17.3 Å². The van der Waals surface area contributed by atoms with E-state index in [1.54, 1.807) is 0 Å². The monoisotopic (exact) mass is 625 g/mol. The molecule has 0 aliphatic carbocycles. The summed E-state index contributed by atoms with van der Waals surface area (Å²) < 4.78 is 66.9. The number of esters is 1. The number of hydrogen-bond donors (Lipinski definition) is 5. The van der Waals surface area contributed by atoms with Crippen molar-refractivity contribution in [2.75, 3.05) is 27.1 Å². The molecule has 1 saturated heterocycles. The maximum atomic E-state index is 12.3. The fraction of sp³-hybridized carbons (Fsp3) is 0.478. The van der Waals surface area contributed by atoms with Crippen LogP contribution in [0.2, 0.25) is 0 Å². The highest BCUT2D eigenvalue weighted by atomic mass is 32.2. The van der Waals surface area contributed by atoms with E-state index in [1.165, 1.54) is 50.2 Å². The SMILES string of the molecule is COc1cc(C=CC(=O)OCC2OC(SC(CCC=CS(C)=O)=NS(=O)(=O)O)C(O)C(O)C2O)cc(OC)c1O. The fourth-order valence-electron chi connectivity index (χ4n) is 3.34. The lowest BCUT2D eigenvalue weighted by Crippen LogP contribution is -2.58. The van der Waals surface area contributed by atoms with E-state index in [1.807, 2.05) is 0 Å². The molecule has 6 atom stereocenters. The minimum atomic E-state index is -4.82. The van der Waals surface area contributed by atoms with Crippen molar-refractivity contribution in [3.05, 3.63) is 35.3 Å². The Balaban J connectivity index is 2.09. The largest absolute Gasteiger partial charge is 0.502 e. The first-order chi connectivity index (χ1) is 18.7. The summed E-state index contributed by atoms with van der Waals surface area (Å²) in [6.07, 6.45) is -0.978. The van der Waals surface area contributed by atoms with Gasteiger partial charge in [0.2, 0.25) is 5.75 Å². The second-order valence-corrected chi connectivity index (χ2v) is 11.7. The molecule has 224 valence electrons. The van der Waals surface area contributed by atoms with Gasteiger partial charge in [-0.15, -0.1) is 4.40 Å². The summed E-state index contributed by atoms with van der Waals surface area (Å²) >= 11 is 0.578. The van der Waals surface area contributed by atoms with Gasteiger partial charge in [-0.05, 0) is 35.6 Å². The molecule has 1 fully saturated rings. The first-order valence-corrected chi connectivity index (χ1v) is 15.4. The number of carbonyl (C=O) groups is 1. The maximum Gasteiger partial charge on any atom is 0.379 e. The fourth-order valence-corrected chi connectivity index (χ4v) is 5.55. The van der Waals surface area contributed by atoms with E-state index < -0.39 is 63.5 Å². The number of allylic oxidation sites excluding steroid dienone is 1. The van der Waals surface area contributed by atoms with Gasteiger partial charge < -0.3 is 39.4 Å². The summed E-state index contributed by atoms with van der Waals surface area (Å²) in [7, 11) is -3.37. The van der Waals surface area contributed by atoms with Crippen LogP contribution in [0, 0.1) is 0 Å². The molecule has 0 bridgehead atoms. The molecule has 0 radical (unpaired) electrons. The molecule has 1 heterocycles. The van der Waals surface area contributed by atoms with E-state index >= 15 is 0 Å². The number of phenols is 1. The summed E-state index contributed by atoms with van der Waals surface area (Å²) in [5.41, 5.74) is -0.933. The molecule has 14 nitrogen and oxygen atoms in total. The third-order valence-corrected chi connectivity index (χ3v) is 7.59. The minimum absolute atomic E-state index is 0.0549. The third-order valence-electron chi connectivity index (χ3n) is 5.25. The van der Waals surface area contributed by atoms with Gasteiger partial charge in [0.15, 0.2) is 11.5 Å². The van der Waals surface area contributed by atoms with Crippen LogP contribution in [0.15, 0.2) is 34.1 Å². The van der Waals surface area contributed by atoms with Crippen LogP contribution in [-0.2, 0) is 35.4 Å². The Morgan fingerprint density at radius 2 is 1.77 bits per heavy atom. The van der Waals surface area contributed by atoms with Crippen LogP contribution in [0.3, 0.4) is 0 Å². The maximum absolute atomic E-state index is 12.3. The summed E-state index contributed by atoms with van der Waals surface area (Å²) in [5, 5.41) is 42.2. The number of benzene rings is 1. The molecule has 17 heteroatoms. The smallest absolute Gasteiger partial charge is 0.379 e. The summed E-state index contributed by atoms with van der Waals surface area (Å²) in [5.74, 6) is -0.869. The van der Waals surface area contributed by atoms with Gasteiger partial charge in [-0.3, -0.25) is 8.76 Å². The molecule has 0 spiro atoms. The van der Waals surface area contributed by atoms with E-state index in [2.05, 4.69) is 4.40 Å². The Morgan fingerprint density at radius 1 is 1.15 bits per heavy atom. The number of aliphatic hydroxyl groups excluding tert-OH is 3. The van der Waals surface area contributed by atoms with Gasteiger partial charge in [-0.1, -0.05) is 17.8 Å². The van der Waals surface area contributed by atoms with E-state index in [9.17, 15) is 37.8 Å². The lowest BCUT2D eigenvalue weighted by Gasteiger charge is -2.39. The number of aliphatic hydroxyl groups is 3. The van der Waals surface area contributed by atoms with Gasteiger partial charge in [-0.25, -0.2) is 4.79 Å². The highest BCUT2D eigenvalue weighted by molar-refractivity contribution is 8.14. The Kier molecular flexibility index (Phi) is 13.0. The average molecular weight is 626 g/mol. The zero-order valence-electron chi connectivity index (χ0n) is 21.6. The van der Waals surface area contributed by atoms with Crippen LogP contribution in [0.5, 0.6) is 17.2 Å². The van der Waals surface area contributed by atoms with Crippen molar-refractivity contribution in [3.8, 4) is 17.2 Å². The summed E-state index contributed by atoms with van der Waals surface area (Å²) in [4.78, 5) is 12.3. The van der Waals surface area contributed by atoms with Crippen molar-refractivity contribution in [3.63, 3.8) is 0 Å². The number of thioether (sulfide) groups is 1. The second-order valence-electron chi connectivity index (χ2n) is 8.21. The number of methoxy groups -OCH3 is 2. The first-order valence-electron chi connectivity index (χ1n) is 11.5. The predicted molar refractivity (Wildman–Crippen MR) is 147 cm³/mol. The molecule has 0 saturated carbocycles. The highest BCUT2D eigenvalue weighted by Crippen LogP contribution is 2.37. The molecule has 40 heavy (non-hydrogen) atoms. The lowest BCUT2D eigenvalue weighted by molar-refractivity contribution is -0.209. The van der Waals surface area contributed by atoms with Gasteiger partial charge >= 0.3 is 16.3 Å². The molecular formula is C23H31NO13S3. The Labute approximate surface area is 237 Å². The highest BCUT2D eigenvalue weighted by Gasteiger charge is 2.45. The standard InChI is InChI=1S/C23H31NO13S3/c1-34-14-10-13(11-15(35-2)19(14)26)7-8-18(25)36-12-16-20(27)21(28)22(29)23(37-16)38-17(24-40(31,32)33)6-4-5-9-39(3)30/h5,7-11,16,20-23,26-29H,4,6,12H2,1-3H3,(H,31,32,33). The van der Waals surface area contributed by atoms with Crippen molar-refractivity contribution in [1.29, 1.82) is 0 Å². The minimum Gasteiger partial charge on any atom is -0.502 e. The summed E-state index contributed by atoms with van der Waals surface area (Å²) in [6.45, 7) is -0.552. The zero-order valence-corrected chi connectivity index (χ0v) is 24.1. The predicted octanol–water partition coefficient (Wildman–Crippen LogP) is 0.380. The van der Waals surface area contributed by atoms with E-state index in [4.69, 9.17) is 23.5 Å². The Morgan fingerprint density at radius 3 is 2.33 bits per heavy atom. The van der Waals surface area contributed by atoms with Crippen LogP contribution < -0.4 is 9.47 Å². The number of nitrogens with zero attached hydrogens (tertiary/aromatic N) is 1. The average Bonchev–Trinajstić information content (AvgIpc) is 2.88. The zero-order chi connectivity index (χ0) is 30.0. The van der Waals surface area contributed by atoms with Gasteiger partial charge in [0.25, 0.3) is 0 Å². The van der Waals surface area contributed by atoms with Crippen molar-refractivity contribution >= 4 is 50.0 Å². The Bertz CT molecular complexity index is 1220. The molecule has 0 aromatic heterocycles. The Hall–Kier alpha value is -2.51. The van der Waals surface area contributed by atoms with Crippen LogP contribution in [0.1, 0.15) is 18.4 Å². The van der Waals surface area contributed by atoms with Crippen molar-refractivity contribution in [2.45, 2.75) is 42.7 Å². The molecular weight excluding hydrogens is 594 g/mol. The molecule has 0 amide bonds. The number of carbonyl (C=O) groups excluding carboxylic acids is 1. The number of phenolic OH excluding ortho intramolecular Hbond substituents is 1. The van der Waals surface area contributed by atoms with E-state index in [-0.39, 0.29) is 35.1 Å². The van der Waals surface area contributed by atoms with Gasteiger partial charge in [0.1, 0.15) is 36.5 Å². The van der Waals surface area contributed by atoms with E-state index in [0.717, 1.165) is 6.08 Å². The van der Waals surface area contributed by atoms with Crippen LogP contribution >= 0.6 is 11.8 Å². The van der Waals surface area contributed by atoms with Crippen LogP contribution in [0.4, 0.5) is 0 Å². The number of hydrogen-bond acceptors (Lipinski definition) is 13. The first kappa shape index (κ1) is 33.7. The van der Waals surface area contributed by atoms with Crippen LogP contribution in [-0.4, -0.2) is 106 Å². The normalized spacial score (nSPS) is 24.8. The number of ether oxygens (including phenoxy) is 4. The van der Waals surface area contributed by atoms with Crippen molar-refractivity contribution in [1.82, 2.24) is 0 Å². The molecule has 1 aliphatic rings. The number of rotatable bonds is 12.